The zero-order valence-electron chi connectivity index (χ0n) is 10.2. The maximum absolute atomic E-state index is 10.5. The third-order valence-corrected chi connectivity index (χ3v) is 4.18. The smallest absolute Gasteiger partial charge is 0.313 e. The lowest BCUT2D eigenvalue weighted by Crippen LogP contribution is -2.18. The summed E-state index contributed by atoms with van der Waals surface area (Å²) in [5, 5.41) is 17.1. The van der Waals surface area contributed by atoms with Crippen molar-refractivity contribution in [1.29, 1.82) is 0 Å². The van der Waals surface area contributed by atoms with E-state index in [9.17, 15) is 4.79 Å². The van der Waals surface area contributed by atoms with E-state index in [-0.39, 0.29) is 5.75 Å². The molecule has 1 fully saturated rings. The van der Waals surface area contributed by atoms with E-state index in [2.05, 4.69) is 10.2 Å². The summed E-state index contributed by atoms with van der Waals surface area (Å²) in [5.41, 5.74) is 0. The number of carboxylic acids is 1. The minimum Gasteiger partial charge on any atom is -0.481 e. The highest BCUT2D eigenvalue weighted by atomic mass is 32.2. The van der Waals surface area contributed by atoms with Gasteiger partial charge in [-0.05, 0) is 5.92 Å². The van der Waals surface area contributed by atoms with E-state index in [0.29, 0.717) is 11.1 Å². The minimum atomic E-state index is -0.878. The number of hydrogen-bond acceptors (Lipinski definition) is 5. The van der Waals surface area contributed by atoms with E-state index in [4.69, 9.17) is 10.9 Å². The Morgan fingerprint density at radius 3 is 2.78 bits per heavy atom. The van der Waals surface area contributed by atoms with Crippen molar-refractivity contribution in [3.8, 4) is 0 Å². The van der Waals surface area contributed by atoms with Gasteiger partial charge in [-0.15, -0.1) is 10.2 Å². The first-order valence-corrected chi connectivity index (χ1v) is 7.19. The van der Waals surface area contributed by atoms with Crippen LogP contribution < -0.4 is 5.84 Å². The SMILES string of the molecule is Nn1c(CC2CCCCC2)nnc1SCC(=O)O. The van der Waals surface area contributed by atoms with Gasteiger partial charge < -0.3 is 10.9 Å². The Hall–Kier alpha value is -1.24. The van der Waals surface area contributed by atoms with Crippen LogP contribution in [0.2, 0.25) is 0 Å². The molecule has 2 rings (SSSR count). The van der Waals surface area contributed by atoms with Crippen molar-refractivity contribution in [2.24, 2.45) is 5.92 Å². The van der Waals surface area contributed by atoms with Gasteiger partial charge in [0.15, 0.2) is 5.82 Å². The van der Waals surface area contributed by atoms with E-state index in [1.807, 2.05) is 0 Å². The summed E-state index contributed by atoms with van der Waals surface area (Å²) < 4.78 is 1.43. The van der Waals surface area contributed by atoms with Crippen molar-refractivity contribution in [3.05, 3.63) is 5.82 Å². The zero-order chi connectivity index (χ0) is 13.0. The summed E-state index contributed by atoms with van der Waals surface area (Å²) in [6.07, 6.45) is 7.19. The Bertz CT molecular complexity index is 415. The van der Waals surface area contributed by atoms with Crippen molar-refractivity contribution in [3.63, 3.8) is 0 Å². The maximum Gasteiger partial charge on any atom is 0.313 e. The van der Waals surface area contributed by atoms with E-state index in [1.54, 1.807) is 0 Å². The van der Waals surface area contributed by atoms with Gasteiger partial charge in [0, 0.05) is 6.42 Å². The highest BCUT2D eigenvalue weighted by Gasteiger charge is 2.18. The first-order valence-electron chi connectivity index (χ1n) is 6.21. The standard InChI is InChI=1S/C11H18N4O2S/c12-15-9(6-8-4-2-1-3-5-8)13-14-11(15)18-7-10(16)17/h8H,1-7,12H2,(H,16,17). The monoisotopic (exact) mass is 270 g/mol. The van der Waals surface area contributed by atoms with E-state index in [0.717, 1.165) is 24.0 Å². The lowest BCUT2D eigenvalue weighted by atomic mass is 9.87. The predicted molar refractivity (Wildman–Crippen MR) is 68.8 cm³/mol. The Kier molecular flexibility index (Phi) is 4.46. The van der Waals surface area contributed by atoms with Crippen LogP contribution in [-0.4, -0.2) is 31.7 Å². The average molecular weight is 270 g/mol. The Morgan fingerprint density at radius 1 is 1.39 bits per heavy atom. The maximum atomic E-state index is 10.5. The first-order chi connectivity index (χ1) is 8.66. The fourth-order valence-electron chi connectivity index (χ4n) is 2.32. The van der Waals surface area contributed by atoms with E-state index in [1.165, 1.54) is 36.8 Å². The summed E-state index contributed by atoms with van der Waals surface area (Å²) in [7, 11) is 0. The molecule has 0 aromatic carbocycles. The number of carboxylic acid groups (broad SMARTS) is 1. The highest BCUT2D eigenvalue weighted by molar-refractivity contribution is 7.99. The van der Waals surface area contributed by atoms with Crippen LogP contribution in [0.3, 0.4) is 0 Å². The highest BCUT2D eigenvalue weighted by Crippen LogP contribution is 2.26. The molecule has 1 aromatic rings. The summed E-state index contributed by atoms with van der Waals surface area (Å²) in [6.45, 7) is 0. The lowest BCUT2D eigenvalue weighted by molar-refractivity contribution is -0.133. The minimum absolute atomic E-state index is 0.0429. The number of nitrogens with zero attached hydrogens (tertiary/aromatic N) is 3. The molecule has 0 aliphatic heterocycles. The normalized spacial score (nSPS) is 16.9. The zero-order valence-corrected chi connectivity index (χ0v) is 11.0. The van der Waals surface area contributed by atoms with Crippen LogP contribution in [0.15, 0.2) is 5.16 Å². The van der Waals surface area contributed by atoms with Crippen LogP contribution in [0.5, 0.6) is 0 Å². The molecule has 1 aliphatic rings. The van der Waals surface area contributed by atoms with Crippen molar-refractivity contribution < 1.29 is 9.90 Å². The molecule has 0 radical (unpaired) electrons. The molecule has 3 N–H and O–H groups in total. The number of aliphatic carboxylic acids is 1. The summed E-state index contributed by atoms with van der Waals surface area (Å²) in [5.74, 6) is 6.36. The molecule has 0 amide bonds. The summed E-state index contributed by atoms with van der Waals surface area (Å²) in [4.78, 5) is 10.5. The Balaban J connectivity index is 1.94. The first kappa shape index (κ1) is 13.2. The van der Waals surface area contributed by atoms with Gasteiger partial charge in [0.2, 0.25) is 5.16 Å². The number of thioether (sulfide) groups is 1. The third kappa shape index (κ3) is 3.38. The molecule has 7 heteroatoms. The fraction of sp³-hybridized carbons (Fsp3) is 0.727. The van der Waals surface area contributed by atoms with Gasteiger partial charge in [-0.2, -0.15) is 0 Å². The average Bonchev–Trinajstić information content (AvgIpc) is 2.70. The van der Waals surface area contributed by atoms with Gasteiger partial charge in [0.05, 0.1) is 5.75 Å². The van der Waals surface area contributed by atoms with Crippen LogP contribution >= 0.6 is 11.8 Å². The third-order valence-electron chi connectivity index (χ3n) is 3.26. The molecule has 6 nitrogen and oxygen atoms in total. The van der Waals surface area contributed by atoms with Gasteiger partial charge in [-0.3, -0.25) is 4.79 Å². The quantitative estimate of drug-likeness (QED) is 0.618. The molecule has 0 atom stereocenters. The van der Waals surface area contributed by atoms with Gasteiger partial charge >= 0.3 is 5.97 Å². The molecule has 18 heavy (non-hydrogen) atoms. The van der Waals surface area contributed by atoms with Crippen LogP contribution in [0.4, 0.5) is 0 Å². The van der Waals surface area contributed by atoms with Crippen LogP contribution in [0, 0.1) is 5.92 Å². The molecule has 1 aliphatic carbocycles. The van der Waals surface area contributed by atoms with Gasteiger partial charge in [0.25, 0.3) is 0 Å². The number of carbonyl (C=O) groups is 1. The molecular formula is C11H18N4O2S. The Morgan fingerprint density at radius 2 is 2.11 bits per heavy atom. The van der Waals surface area contributed by atoms with Gasteiger partial charge in [-0.25, -0.2) is 4.68 Å². The van der Waals surface area contributed by atoms with E-state index >= 15 is 0 Å². The molecular weight excluding hydrogens is 252 g/mol. The molecule has 0 bridgehead atoms. The van der Waals surface area contributed by atoms with Crippen molar-refractivity contribution >= 4 is 17.7 Å². The number of rotatable bonds is 5. The van der Waals surface area contributed by atoms with Gasteiger partial charge in [0.1, 0.15) is 0 Å². The number of hydrogen-bond donors (Lipinski definition) is 2. The molecule has 1 aromatic heterocycles. The molecule has 0 saturated heterocycles. The van der Waals surface area contributed by atoms with Crippen LogP contribution in [0.1, 0.15) is 37.9 Å². The van der Waals surface area contributed by atoms with E-state index < -0.39 is 5.97 Å². The second kappa shape index (κ2) is 6.08. The van der Waals surface area contributed by atoms with Crippen LogP contribution in [0.25, 0.3) is 0 Å². The van der Waals surface area contributed by atoms with Crippen molar-refractivity contribution in [2.45, 2.75) is 43.7 Å². The van der Waals surface area contributed by atoms with Crippen molar-refractivity contribution in [1.82, 2.24) is 14.9 Å². The second-order valence-corrected chi connectivity index (χ2v) is 5.60. The molecule has 1 saturated carbocycles. The van der Waals surface area contributed by atoms with Crippen molar-refractivity contribution in [2.75, 3.05) is 11.6 Å². The number of aromatic nitrogens is 3. The fourth-order valence-corrected chi connectivity index (χ4v) is 2.92. The molecule has 0 unspecified atom stereocenters. The number of nitrogens with two attached hydrogens (primary N) is 1. The second-order valence-electron chi connectivity index (χ2n) is 4.66. The lowest BCUT2D eigenvalue weighted by Gasteiger charge is -2.20. The van der Waals surface area contributed by atoms with Crippen LogP contribution in [-0.2, 0) is 11.2 Å². The Labute approximate surface area is 110 Å². The molecule has 100 valence electrons. The topological polar surface area (TPSA) is 94.0 Å². The predicted octanol–water partition coefficient (Wildman–Crippen LogP) is 1.29. The van der Waals surface area contributed by atoms with Gasteiger partial charge in [-0.1, -0.05) is 43.9 Å². The summed E-state index contributed by atoms with van der Waals surface area (Å²) >= 11 is 1.10. The summed E-state index contributed by atoms with van der Waals surface area (Å²) in [6, 6.07) is 0. The molecule has 1 heterocycles. The molecule has 0 spiro atoms. The largest absolute Gasteiger partial charge is 0.481 e. The number of nitrogen functional groups attached to an aromatic ring is 1.